The van der Waals surface area contributed by atoms with E-state index in [1.165, 1.54) is 6.92 Å². The molecule has 0 amide bonds. The summed E-state index contributed by atoms with van der Waals surface area (Å²) in [6.45, 7) is 1.54. The van der Waals surface area contributed by atoms with Crippen molar-refractivity contribution in [2.24, 2.45) is 0 Å². The molecule has 37 valence electrons. The number of carbonyl (C=O) groups is 1. The molecule has 0 spiro atoms. The van der Waals surface area contributed by atoms with E-state index in [0.29, 0.717) is 0 Å². The molecule has 0 aliphatic heterocycles. The second-order valence-corrected chi connectivity index (χ2v) is 0.726. The van der Waals surface area contributed by atoms with Crippen LogP contribution in [-0.4, -0.2) is 5.97 Å². The van der Waals surface area contributed by atoms with E-state index in [1.54, 1.807) is 0 Å². The van der Waals surface area contributed by atoms with Crippen molar-refractivity contribution < 1.29 is 29.4 Å². The quantitative estimate of drug-likeness (QED) is 0.488. The number of hydrogen-bond donors (Lipinski definition) is 0. The fraction of sp³-hybridized carbons (Fsp3) is 0.667. The number of aliphatic carboxylic acids is 1. The molecule has 0 aromatic carbocycles. The van der Waals surface area contributed by atoms with Crippen LogP contribution in [0.25, 0.3) is 0 Å². The molecule has 1 radical (unpaired) electrons. The normalized spacial score (nSPS) is 6.17. The minimum atomic E-state index is -0.995. The van der Waals surface area contributed by atoms with E-state index in [4.69, 9.17) is 0 Å². The minimum absolute atomic E-state index is 0. The molecular formula is C3H5O2Rh+. The number of carboxylic acids is 1. The average Bonchev–Trinajstić information content (AvgIpc) is 1.38. The first-order valence-electron chi connectivity index (χ1n) is 1.47. The van der Waals surface area contributed by atoms with Crippen LogP contribution in [0.5, 0.6) is 0 Å². The number of hydrogen-bond acceptors (Lipinski definition) is 2. The van der Waals surface area contributed by atoms with Crippen molar-refractivity contribution in [3.63, 3.8) is 0 Å². The van der Waals surface area contributed by atoms with Gasteiger partial charge in [-0.15, -0.1) is 0 Å². The van der Waals surface area contributed by atoms with Gasteiger partial charge >= 0.3 is 19.5 Å². The van der Waals surface area contributed by atoms with E-state index < -0.39 is 5.97 Å². The molecule has 0 aliphatic carbocycles. The Labute approximate surface area is 49.3 Å². The van der Waals surface area contributed by atoms with Gasteiger partial charge in [-0.3, -0.25) is 0 Å². The van der Waals surface area contributed by atoms with Gasteiger partial charge in [0.15, 0.2) is 0 Å². The fourth-order valence-corrected chi connectivity index (χ4v) is 0. The van der Waals surface area contributed by atoms with Gasteiger partial charge in [-0.2, -0.15) is 0 Å². The van der Waals surface area contributed by atoms with E-state index in [-0.39, 0.29) is 25.9 Å². The first-order chi connectivity index (χ1) is 2.27. The molecular weight excluding hydrogens is 171 g/mol. The van der Waals surface area contributed by atoms with Crippen LogP contribution >= 0.6 is 0 Å². The van der Waals surface area contributed by atoms with E-state index in [1.807, 2.05) is 0 Å². The Balaban J connectivity index is 0. The second kappa shape index (κ2) is 5.09. The number of carboxylic acid groups (broad SMARTS) is 1. The van der Waals surface area contributed by atoms with Gasteiger partial charge in [0, 0.05) is 5.97 Å². The van der Waals surface area contributed by atoms with Crippen molar-refractivity contribution in [2.45, 2.75) is 13.3 Å². The van der Waals surface area contributed by atoms with Crippen LogP contribution in [0.3, 0.4) is 0 Å². The zero-order chi connectivity index (χ0) is 4.28. The molecule has 0 bridgehead atoms. The van der Waals surface area contributed by atoms with Crippen LogP contribution in [0.2, 0.25) is 0 Å². The van der Waals surface area contributed by atoms with Gasteiger partial charge in [-0.25, -0.2) is 0 Å². The summed E-state index contributed by atoms with van der Waals surface area (Å²) >= 11 is 0. The Morgan fingerprint density at radius 1 is 1.83 bits per heavy atom. The summed E-state index contributed by atoms with van der Waals surface area (Å²) in [5.41, 5.74) is 0. The van der Waals surface area contributed by atoms with E-state index in [2.05, 4.69) is 0 Å². The number of rotatable bonds is 1. The first-order valence-corrected chi connectivity index (χ1v) is 1.47. The van der Waals surface area contributed by atoms with Crippen LogP contribution in [0.4, 0.5) is 0 Å². The van der Waals surface area contributed by atoms with Gasteiger partial charge in [0.05, 0.1) is 0 Å². The maximum atomic E-state index is 9.26. The maximum Gasteiger partial charge on any atom is 2.00 e. The summed E-state index contributed by atoms with van der Waals surface area (Å²) in [5.74, 6) is -0.995. The average molecular weight is 176 g/mol. The zero-order valence-corrected chi connectivity index (χ0v) is 5.00. The van der Waals surface area contributed by atoms with Crippen LogP contribution in [0.1, 0.15) is 13.3 Å². The number of carbonyl (C=O) groups excluding carboxylic acids is 1. The Bertz CT molecular complexity index is 44.1. The Morgan fingerprint density at radius 3 is 2.00 bits per heavy atom. The smallest absolute Gasteiger partial charge is 0.550 e. The van der Waals surface area contributed by atoms with Crippen molar-refractivity contribution in [3.8, 4) is 0 Å². The fourth-order valence-electron chi connectivity index (χ4n) is 0. The minimum Gasteiger partial charge on any atom is -0.550 e. The maximum absolute atomic E-state index is 9.26. The summed E-state index contributed by atoms with van der Waals surface area (Å²) in [7, 11) is 0. The molecule has 0 fully saturated rings. The third-order valence-electron chi connectivity index (χ3n) is 0.289. The van der Waals surface area contributed by atoms with Crippen molar-refractivity contribution in [1.29, 1.82) is 0 Å². The molecule has 0 heterocycles. The summed E-state index contributed by atoms with van der Waals surface area (Å²) in [6.07, 6.45) is 0.111. The Kier molecular flexibility index (Phi) is 8.01. The molecule has 0 aromatic heterocycles. The van der Waals surface area contributed by atoms with Crippen molar-refractivity contribution in [3.05, 3.63) is 0 Å². The van der Waals surface area contributed by atoms with E-state index in [9.17, 15) is 9.90 Å². The Hall–Kier alpha value is 0.0934. The molecule has 0 rings (SSSR count). The van der Waals surface area contributed by atoms with E-state index in [0.717, 1.165) is 0 Å². The molecule has 2 nitrogen and oxygen atoms in total. The predicted molar refractivity (Wildman–Crippen MR) is 15.3 cm³/mol. The third kappa shape index (κ3) is 8.94. The van der Waals surface area contributed by atoms with Gasteiger partial charge in [-0.1, -0.05) is 6.92 Å². The molecule has 6 heavy (non-hydrogen) atoms. The molecule has 0 aromatic rings. The van der Waals surface area contributed by atoms with Crippen LogP contribution in [-0.2, 0) is 24.3 Å². The summed E-state index contributed by atoms with van der Waals surface area (Å²) < 4.78 is 0. The topological polar surface area (TPSA) is 40.1 Å². The van der Waals surface area contributed by atoms with Gasteiger partial charge in [0.25, 0.3) is 0 Å². The van der Waals surface area contributed by atoms with Crippen molar-refractivity contribution in [2.75, 3.05) is 0 Å². The van der Waals surface area contributed by atoms with Crippen molar-refractivity contribution in [1.82, 2.24) is 0 Å². The summed E-state index contributed by atoms with van der Waals surface area (Å²) in [4.78, 5) is 9.26. The van der Waals surface area contributed by atoms with Crippen molar-refractivity contribution >= 4 is 5.97 Å². The van der Waals surface area contributed by atoms with Gasteiger partial charge in [-0.05, 0) is 6.42 Å². The van der Waals surface area contributed by atoms with Crippen LogP contribution < -0.4 is 5.11 Å². The monoisotopic (exact) mass is 176 g/mol. The summed E-state index contributed by atoms with van der Waals surface area (Å²) in [5, 5.41) is 9.26. The standard InChI is InChI=1S/C3H6O2.Rh/c1-2-3(4)5;/h2H2,1H3,(H,4,5);/q;+2/p-1. The van der Waals surface area contributed by atoms with Crippen LogP contribution in [0.15, 0.2) is 0 Å². The predicted octanol–water partition coefficient (Wildman–Crippen LogP) is -0.856. The van der Waals surface area contributed by atoms with Gasteiger partial charge in [0.2, 0.25) is 0 Å². The zero-order valence-electron chi connectivity index (χ0n) is 3.36. The molecule has 0 saturated carbocycles. The Morgan fingerprint density at radius 2 is 2.00 bits per heavy atom. The molecule has 3 heteroatoms. The molecule has 0 N–H and O–H groups in total. The SMILES string of the molecule is CCC(=O)[O-].[Rh+2]. The molecule has 0 saturated heterocycles. The van der Waals surface area contributed by atoms with Crippen LogP contribution in [0, 0.1) is 0 Å². The third-order valence-corrected chi connectivity index (χ3v) is 0.289. The molecule has 0 aliphatic rings. The molecule has 0 unspecified atom stereocenters. The second-order valence-electron chi connectivity index (χ2n) is 0.726. The summed E-state index contributed by atoms with van der Waals surface area (Å²) in [6, 6.07) is 0. The van der Waals surface area contributed by atoms with Gasteiger partial charge < -0.3 is 9.90 Å². The first kappa shape index (κ1) is 9.43. The van der Waals surface area contributed by atoms with Gasteiger partial charge in [0.1, 0.15) is 0 Å². The van der Waals surface area contributed by atoms with E-state index >= 15 is 0 Å². The largest absolute Gasteiger partial charge is 2.00 e. The molecule has 0 atom stereocenters.